The third-order valence-electron chi connectivity index (χ3n) is 0.425. The molecule has 0 spiro atoms. The summed E-state index contributed by atoms with van der Waals surface area (Å²) in [6, 6.07) is 4.04. The molecule has 0 aliphatic carbocycles. The summed E-state index contributed by atoms with van der Waals surface area (Å²) in [4.78, 5) is 0. The molecule has 0 saturated carbocycles. The van der Waals surface area contributed by atoms with Gasteiger partial charge in [-0.15, -0.1) is 0 Å². The largest absolute Gasteiger partial charge is 2.00 e. The maximum Gasteiger partial charge on any atom is 2.00 e. The predicted octanol–water partition coefficient (Wildman–Crippen LogP) is -4.25. The van der Waals surface area contributed by atoms with Crippen LogP contribution in [0.25, 0.3) is 0 Å². The molecule has 0 nitrogen and oxygen atoms in total. The minimum absolute atomic E-state index is 0. The van der Waals surface area contributed by atoms with Crippen molar-refractivity contribution in [1.82, 2.24) is 0 Å². The Morgan fingerprint density at radius 3 is 1.38 bits per heavy atom. The van der Waals surface area contributed by atoms with Gasteiger partial charge in [-0.1, -0.05) is 12.1 Å². The molecule has 0 bridgehead atoms. The van der Waals surface area contributed by atoms with E-state index in [4.69, 9.17) is 0 Å². The molecular formula is C4H4Cl2STi. The van der Waals surface area contributed by atoms with Gasteiger partial charge in [-0.2, -0.15) is 11.3 Å². The van der Waals surface area contributed by atoms with E-state index in [9.17, 15) is 0 Å². The monoisotopic (exact) mass is 202 g/mol. The molecule has 1 aromatic rings. The van der Waals surface area contributed by atoms with Crippen molar-refractivity contribution < 1.29 is 46.5 Å². The Bertz CT molecular complexity index is 70.5. The molecule has 0 aromatic carbocycles. The summed E-state index contributed by atoms with van der Waals surface area (Å²) in [6.45, 7) is 0. The normalized spacial score (nSPS) is 5.00. The van der Waals surface area contributed by atoms with Crippen molar-refractivity contribution in [3.63, 3.8) is 0 Å². The van der Waals surface area contributed by atoms with Crippen LogP contribution in [-0.4, -0.2) is 0 Å². The van der Waals surface area contributed by atoms with Gasteiger partial charge in [0.2, 0.25) is 0 Å². The molecule has 0 N–H and O–H groups in total. The van der Waals surface area contributed by atoms with Crippen molar-refractivity contribution >= 4 is 11.3 Å². The standard InChI is InChI=1S/C4H4S.2ClH.Ti/c1-2-4-5-3-1;;;/h1-4H;2*1H;/q;;;+2/p-2. The summed E-state index contributed by atoms with van der Waals surface area (Å²) in [6.07, 6.45) is 0. The quantitative estimate of drug-likeness (QED) is 0.374. The second-order valence-corrected chi connectivity index (χ2v) is 1.61. The van der Waals surface area contributed by atoms with Gasteiger partial charge in [0.15, 0.2) is 0 Å². The van der Waals surface area contributed by atoms with Gasteiger partial charge in [0.1, 0.15) is 0 Å². The third kappa shape index (κ3) is 6.99. The fraction of sp³-hybridized carbons (Fsp3) is 0. The van der Waals surface area contributed by atoms with Crippen molar-refractivity contribution in [3.8, 4) is 0 Å². The molecule has 0 unspecified atom stereocenters. The summed E-state index contributed by atoms with van der Waals surface area (Å²) < 4.78 is 0. The Kier molecular flexibility index (Phi) is 21.8. The van der Waals surface area contributed by atoms with Crippen LogP contribution in [0, 0.1) is 0 Å². The minimum atomic E-state index is 0. The van der Waals surface area contributed by atoms with Gasteiger partial charge in [0.05, 0.1) is 0 Å². The molecule has 0 fully saturated rings. The van der Waals surface area contributed by atoms with Crippen LogP contribution in [0.5, 0.6) is 0 Å². The zero-order valence-corrected chi connectivity index (χ0v) is 7.86. The summed E-state index contributed by atoms with van der Waals surface area (Å²) in [5.41, 5.74) is 0. The van der Waals surface area contributed by atoms with E-state index in [0.29, 0.717) is 0 Å². The van der Waals surface area contributed by atoms with Crippen LogP contribution < -0.4 is 24.8 Å². The molecule has 0 aliphatic heterocycles. The van der Waals surface area contributed by atoms with Crippen LogP contribution >= 0.6 is 11.3 Å². The van der Waals surface area contributed by atoms with Gasteiger partial charge in [-0.05, 0) is 10.8 Å². The van der Waals surface area contributed by atoms with E-state index < -0.39 is 0 Å². The summed E-state index contributed by atoms with van der Waals surface area (Å²) >= 11 is 1.71. The smallest absolute Gasteiger partial charge is 1.00 e. The first kappa shape index (κ1) is 16.0. The van der Waals surface area contributed by atoms with E-state index in [1.54, 1.807) is 11.3 Å². The Morgan fingerprint density at radius 2 is 1.25 bits per heavy atom. The molecule has 0 atom stereocenters. The molecule has 4 heteroatoms. The summed E-state index contributed by atoms with van der Waals surface area (Å²) in [5, 5.41) is 4.08. The van der Waals surface area contributed by atoms with Crippen LogP contribution in [-0.2, 0) is 21.7 Å². The first-order chi connectivity index (χ1) is 2.50. The van der Waals surface area contributed by atoms with Gasteiger partial charge >= 0.3 is 21.7 Å². The van der Waals surface area contributed by atoms with Crippen LogP contribution in [0.1, 0.15) is 0 Å². The maximum absolute atomic E-state index is 2.04. The topological polar surface area (TPSA) is 0 Å². The van der Waals surface area contributed by atoms with E-state index >= 15 is 0 Å². The molecule has 0 saturated heterocycles. The second-order valence-electron chi connectivity index (χ2n) is 0.793. The minimum Gasteiger partial charge on any atom is -1.00 e. The SMILES string of the molecule is [Cl-].[Cl-].[Ti+2].c1ccsc1. The van der Waals surface area contributed by atoms with Crippen LogP contribution in [0.15, 0.2) is 22.9 Å². The first-order valence-electron chi connectivity index (χ1n) is 1.47. The molecule has 0 radical (unpaired) electrons. The van der Waals surface area contributed by atoms with Crippen molar-refractivity contribution in [2.45, 2.75) is 0 Å². The Balaban J connectivity index is -0.0000000833. The molecule has 1 heterocycles. The molecule has 8 heavy (non-hydrogen) atoms. The number of hydrogen-bond acceptors (Lipinski definition) is 1. The number of thiophene rings is 1. The second kappa shape index (κ2) is 10.9. The van der Waals surface area contributed by atoms with Gasteiger partial charge in [-0.3, -0.25) is 0 Å². The molecule has 1 aromatic heterocycles. The van der Waals surface area contributed by atoms with Crippen molar-refractivity contribution in [2.24, 2.45) is 0 Å². The van der Waals surface area contributed by atoms with Gasteiger partial charge < -0.3 is 24.8 Å². The Morgan fingerprint density at radius 1 is 0.875 bits per heavy atom. The number of rotatable bonds is 0. The fourth-order valence-electron chi connectivity index (χ4n) is 0.227. The van der Waals surface area contributed by atoms with E-state index in [1.807, 2.05) is 22.9 Å². The molecule has 44 valence electrons. The summed E-state index contributed by atoms with van der Waals surface area (Å²) in [5.74, 6) is 0. The third-order valence-corrected chi connectivity index (χ3v) is 1.05. The Hall–Kier alpha value is 0.994. The van der Waals surface area contributed by atoms with Gasteiger partial charge in [0.25, 0.3) is 0 Å². The van der Waals surface area contributed by atoms with Crippen LogP contribution in [0.3, 0.4) is 0 Å². The van der Waals surface area contributed by atoms with Gasteiger partial charge in [0, 0.05) is 0 Å². The van der Waals surface area contributed by atoms with E-state index in [-0.39, 0.29) is 46.5 Å². The molecule has 1 rings (SSSR count). The first-order valence-corrected chi connectivity index (χ1v) is 2.41. The predicted molar refractivity (Wildman–Crippen MR) is 24.3 cm³/mol. The van der Waals surface area contributed by atoms with Crippen molar-refractivity contribution in [2.75, 3.05) is 0 Å². The zero-order chi connectivity index (χ0) is 3.54. The summed E-state index contributed by atoms with van der Waals surface area (Å²) in [7, 11) is 0. The number of hydrogen-bond donors (Lipinski definition) is 0. The Labute approximate surface area is 80.4 Å². The van der Waals surface area contributed by atoms with Crippen molar-refractivity contribution in [3.05, 3.63) is 22.9 Å². The van der Waals surface area contributed by atoms with E-state index in [1.165, 1.54) is 0 Å². The van der Waals surface area contributed by atoms with E-state index in [2.05, 4.69) is 0 Å². The van der Waals surface area contributed by atoms with E-state index in [0.717, 1.165) is 0 Å². The van der Waals surface area contributed by atoms with Crippen LogP contribution in [0.4, 0.5) is 0 Å². The average Bonchev–Trinajstić information content (AvgIpc) is 1.76. The average molecular weight is 203 g/mol. The van der Waals surface area contributed by atoms with Crippen molar-refractivity contribution in [1.29, 1.82) is 0 Å². The number of halogens is 2. The van der Waals surface area contributed by atoms with Gasteiger partial charge in [-0.25, -0.2) is 0 Å². The maximum atomic E-state index is 2.04. The molecule has 0 amide bonds. The zero-order valence-electron chi connectivity index (χ0n) is 3.97. The molecule has 0 aliphatic rings. The molecular weight excluding hydrogens is 199 g/mol. The fourth-order valence-corrected chi connectivity index (χ4v) is 0.680. The van der Waals surface area contributed by atoms with Crippen LogP contribution in [0.2, 0.25) is 0 Å².